The predicted molar refractivity (Wildman–Crippen MR) is 99.8 cm³/mol. The highest BCUT2D eigenvalue weighted by Gasteiger charge is 2.31. The maximum Gasteiger partial charge on any atom is 0.416 e. The van der Waals surface area contributed by atoms with Gasteiger partial charge in [0.25, 0.3) is 0 Å². The first-order valence-electron chi connectivity index (χ1n) is 8.58. The molecule has 0 spiro atoms. The first-order chi connectivity index (χ1) is 14.5. The maximum absolute atomic E-state index is 12.9. The van der Waals surface area contributed by atoms with Crippen molar-refractivity contribution in [2.75, 3.05) is 10.6 Å². The van der Waals surface area contributed by atoms with Crippen LogP contribution in [0.4, 0.5) is 42.5 Å². The van der Waals surface area contributed by atoms with E-state index in [9.17, 15) is 31.1 Å². The van der Waals surface area contributed by atoms with Gasteiger partial charge in [0, 0.05) is 11.9 Å². The van der Waals surface area contributed by atoms with Gasteiger partial charge in [0.1, 0.15) is 11.4 Å². The molecule has 0 bridgehead atoms. The topological polar surface area (TPSA) is 63.2 Å². The second-order valence-electron chi connectivity index (χ2n) is 6.14. The average Bonchev–Trinajstić information content (AvgIpc) is 2.68. The molecule has 11 heteroatoms. The fraction of sp³-hybridized carbons (Fsp3) is 0.100. The van der Waals surface area contributed by atoms with Crippen LogP contribution >= 0.6 is 0 Å². The third-order valence-corrected chi connectivity index (χ3v) is 3.84. The summed E-state index contributed by atoms with van der Waals surface area (Å²) in [6.07, 6.45) is -7.86. The molecule has 5 nitrogen and oxygen atoms in total. The van der Waals surface area contributed by atoms with Gasteiger partial charge in [-0.2, -0.15) is 26.3 Å². The van der Waals surface area contributed by atoms with Gasteiger partial charge in [-0.15, -0.1) is 0 Å². The number of nitrogens with zero attached hydrogens (tertiary/aromatic N) is 1. The summed E-state index contributed by atoms with van der Waals surface area (Å²) in [4.78, 5) is 16.1. The van der Waals surface area contributed by atoms with Crippen LogP contribution in [0.15, 0.2) is 66.9 Å². The number of amides is 2. The van der Waals surface area contributed by atoms with E-state index in [0.717, 1.165) is 36.4 Å². The molecule has 0 saturated carbocycles. The van der Waals surface area contributed by atoms with Crippen LogP contribution in [0.3, 0.4) is 0 Å². The molecule has 0 aliphatic carbocycles. The maximum atomic E-state index is 12.9. The second-order valence-corrected chi connectivity index (χ2v) is 6.14. The van der Waals surface area contributed by atoms with E-state index in [0.29, 0.717) is 0 Å². The van der Waals surface area contributed by atoms with E-state index in [2.05, 4.69) is 15.6 Å². The number of urea groups is 1. The number of rotatable bonds is 4. The Bertz CT molecular complexity index is 1080. The zero-order valence-corrected chi connectivity index (χ0v) is 15.4. The Morgan fingerprint density at radius 2 is 1.45 bits per heavy atom. The minimum Gasteiger partial charge on any atom is -0.437 e. The molecule has 2 aromatic carbocycles. The molecule has 0 radical (unpaired) electrons. The van der Waals surface area contributed by atoms with Crippen LogP contribution in [0.25, 0.3) is 0 Å². The lowest BCUT2D eigenvalue weighted by Crippen LogP contribution is -2.20. The van der Waals surface area contributed by atoms with Crippen molar-refractivity contribution < 1.29 is 35.9 Å². The van der Waals surface area contributed by atoms with Gasteiger partial charge in [0.15, 0.2) is 0 Å². The number of aromatic nitrogens is 1. The van der Waals surface area contributed by atoms with E-state index in [1.807, 2.05) is 0 Å². The molecule has 0 saturated heterocycles. The molecule has 0 atom stereocenters. The highest BCUT2D eigenvalue weighted by molar-refractivity contribution is 6.00. The third kappa shape index (κ3) is 5.87. The molecular formula is C20H13F6N3O2. The van der Waals surface area contributed by atoms with Crippen molar-refractivity contribution in [1.82, 2.24) is 4.98 Å². The second kappa shape index (κ2) is 8.54. The molecule has 162 valence electrons. The molecular weight excluding hydrogens is 428 g/mol. The standard InChI is InChI=1S/C20H13F6N3O2/c21-19(22,23)12-4-1-6-14(10-12)28-18(30)29-16-8-3-9-27-17(16)31-15-7-2-5-13(11-15)20(24,25)26/h1-11H,(H2,28,29,30). The van der Waals surface area contributed by atoms with Gasteiger partial charge >= 0.3 is 18.4 Å². The Kier molecular flexibility index (Phi) is 6.04. The van der Waals surface area contributed by atoms with Crippen LogP contribution in [0.1, 0.15) is 11.1 Å². The van der Waals surface area contributed by atoms with Crippen molar-refractivity contribution in [3.05, 3.63) is 78.0 Å². The van der Waals surface area contributed by atoms with Crippen LogP contribution in [-0.2, 0) is 12.4 Å². The number of hydrogen-bond donors (Lipinski definition) is 2. The van der Waals surface area contributed by atoms with Crippen LogP contribution in [0.5, 0.6) is 11.6 Å². The molecule has 3 rings (SSSR count). The fourth-order valence-corrected chi connectivity index (χ4v) is 2.47. The first kappa shape index (κ1) is 21.9. The van der Waals surface area contributed by atoms with Gasteiger partial charge in [0.05, 0.1) is 11.1 Å². The zero-order chi connectivity index (χ0) is 22.6. The summed E-state index contributed by atoms with van der Waals surface area (Å²) in [6.45, 7) is 0. The molecule has 2 N–H and O–H groups in total. The van der Waals surface area contributed by atoms with E-state index in [4.69, 9.17) is 4.74 Å². The molecule has 31 heavy (non-hydrogen) atoms. The lowest BCUT2D eigenvalue weighted by Gasteiger charge is -2.13. The van der Waals surface area contributed by atoms with Gasteiger partial charge < -0.3 is 15.4 Å². The van der Waals surface area contributed by atoms with Crippen molar-refractivity contribution in [2.24, 2.45) is 0 Å². The van der Waals surface area contributed by atoms with Crippen LogP contribution in [-0.4, -0.2) is 11.0 Å². The Morgan fingerprint density at radius 1 is 0.806 bits per heavy atom. The number of nitrogens with one attached hydrogen (secondary N) is 2. The Morgan fingerprint density at radius 3 is 2.13 bits per heavy atom. The number of ether oxygens (including phenoxy) is 1. The van der Waals surface area contributed by atoms with Crippen molar-refractivity contribution in [2.45, 2.75) is 12.4 Å². The monoisotopic (exact) mass is 441 g/mol. The van der Waals surface area contributed by atoms with Crippen LogP contribution in [0.2, 0.25) is 0 Å². The SMILES string of the molecule is O=C(Nc1cccc(C(F)(F)F)c1)Nc1cccnc1Oc1cccc(C(F)(F)F)c1. The lowest BCUT2D eigenvalue weighted by molar-refractivity contribution is -0.138. The summed E-state index contributed by atoms with van der Waals surface area (Å²) in [5.41, 5.74) is -2.00. The summed E-state index contributed by atoms with van der Waals surface area (Å²) in [5.74, 6) is -0.379. The third-order valence-electron chi connectivity index (χ3n) is 3.84. The summed E-state index contributed by atoms with van der Waals surface area (Å²) < 4.78 is 82.3. The summed E-state index contributed by atoms with van der Waals surface area (Å²) in [6, 6.07) is 9.94. The summed E-state index contributed by atoms with van der Waals surface area (Å²) >= 11 is 0. The predicted octanol–water partition coefficient (Wildman–Crippen LogP) is 6.56. The normalized spacial score (nSPS) is 11.7. The minimum atomic E-state index is -4.58. The molecule has 1 aromatic heterocycles. The quantitative estimate of drug-likeness (QED) is 0.451. The number of benzene rings is 2. The molecule has 1 heterocycles. The highest BCUT2D eigenvalue weighted by atomic mass is 19.4. The van der Waals surface area contributed by atoms with Crippen molar-refractivity contribution in [1.29, 1.82) is 0 Å². The zero-order valence-electron chi connectivity index (χ0n) is 15.4. The Labute approximate surface area is 171 Å². The number of carbonyl (C=O) groups excluding carboxylic acids is 1. The first-order valence-corrected chi connectivity index (χ1v) is 8.58. The average molecular weight is 441 g/mol. The molecule has 0 aliphatic heterocycles. The van der Waals surface area contributed by atoms with Gasteiger partial charge in [-0.25, -0.2) is 9.78 Å². The van der Waals surface area contributed by atoms with E-state index >= 15 is 0 Å². The van der Waals surface area contributed by atoms with Gasteiger partial charge in [-0.05, 0) is 48.5 Å². The fourth-order valence-electron chi connectivity index (χ4n) is 2.47. The van der Waals surface area contributed by atoms with Gasteiger partial charge in [-0.3, -0.25) is 0 Å². The number of alkyl halides is 6. The summed E-state index contributed by atoms with van der Waals surface area (Å²) in [7, 11) is 0. The number of pyridine rings is 1. The molecule has 2 amide bonds. The van der Waals surface area contributed by atoms with Crippen LogP contribution in [0, 0.1) is 0 Å². The highest BCUT2D eigenvalue weighted by Crippen LogP contribution is 2.34. The van der Waals surface area contributed by atoms with Crippen molar-refractivity contribution in [3.63, 3.8) is 0 Å². The number of hydrogen-bond acceptors (Lipinski definition) is 3. The molecule has 3 aromatic rings. The molecule has 0 unspecified atom stereocenters. The van der Waals surface area contributed by atoms with Gasteiger partial charge in [0.2, 0.25) is 5.88 Å². The number of halogens is 6. The lowest BCUT2D eigenvalue weighted by atomic mass is 10.2. The Hall–Kier alpha value is -3.76. The van der Waals surface area contributed by atoms with Gasteiger partial charge in [-0.1, -0.05) is 12.1 Å². The van der Waals surface area contributed by atoms with Crippen molar-refractivity contribution >= 4 is 17.4 Å². The molecule has 0 fully saturated rings. The number of anilines is 2. The molecule has 0 aliphatic rings. The van der Waals surface area contributed by atoms with E-state index in [-0.39, 0.29) is 23.0 Å². The summed E-state index contributed by atoms with van der Waals surface area (Å²) in [5, 5.41) is 4.58. The van der Waals surface area contributed by atoms with E-state index in [1.54, 1.807) is 0 Å². The van der Waals surface area contributed by atoms with E-state index in [1.165, 1.54) is 30.5 Å². The minimum absolute atomic E-state index is 0.00983. The van der Waals surface area contributed by atoms with E-state index < -0.39 is 29.5 Å². The van der Waals surface area contributed by atoms with Crippen LogP contribution < -0.4 is 15.4 Å². The largest absolute Gasteiger partial charge is 0.437 e. The Balaban J connectivity index is 1.75. The van der Waals surface area contributed by atoms with Crippen molar-refractivity contribution in [3.8, 4) is 11.6 Å². The smallest absolute Gasteiger partial charge is 0.416 e. The number of carbonyl (C=O) groups is 1.